The van der Waals surface area contributed by atoms with E-state index in [9.17, 15) is 9.59 Å². The lowest BCUT2D eigenvalue weighted by Crippen LogP contribution is -2.13. The van der Waals surface area contributed by atoms with Crippen molar-refractivity contribution in [2.75, 3.05) is 10.6 Å². The summed E-state index contributed by atoms with van der Waals surface area (Å²) in [5.41, 5.74) is 3.59. The molecule has 0 heterocycles. The van der Waals surface area contributed by atoms with Gasteiger partial charge < -0.3 is 10.6 Å². The van der Waals surface area contributed by atoms with Crippen molar-refractivity contribution in [1.82, 2.24) is 0 Å². The maximum absolute atomic E-state index is 12.2. The fourth-order valence-corrected chi connectivity index (χ4v) is 2.78. The van der Waals surface area contributed by atoms with E-state index in [0.717, 1.165) is 10.0 Å². The molecule has 3 rings (SSSR count). The van der Waals surface area contributed by atoms with Gasteiger partial charge in [0.2, 0.25) is 0 Å². The lowest BCUT2D eigenvalue weighted by Gasteiger charge is -2.08. The third-order valence-corrected chi connectivity index (χ3v) is 4.29. The number of amides is 2. The number of hydrogen-bond donors (Lipinski definition) is 2. The van der Waals surface area contributed by atoms with Gasteiger partial charge in [-0.2, -0.15) is 0 Å². The summed E-state index contributed by atoms with van der Waals surface area (Å²) < 4.78 is 0.847. The molecule has 0 saturated heterocycles. The van der Waals surface area contributed by atoms with Gasteiger partial charge in [0.1, 0.15) is 0 Å². The largest absolute Gasteiger partial charge is 0.322 e. The summed E-state index contributed by atoms with van der Waals surface area (Å²) in [6, 6.07) is 21.6. The zero-order chi connectivity index (χ0) is 18.5. The number of halogens is 1. The highest BCUT2D eigenvalue weighted by Gasteiger charge is 2.08. The van der Waals surface area contributed by atoms with Crippen molar-refractivity contribution < 1.29 is 9.59 Å². The molecule has 26 heavy (non-hydrogen) atoms. The quantitative estimate of drug-likeness (QED) is 0.618. The van der Waals surface area contributed by atoms with Crippen LogP contribution in [0.2, 0.25) is 0 Å². The number of rotatable bonds is 4. The van der Waals surface area contributed by atoms with Gasteiger partial charge in [-0.3, -0.25) is 9.59 Å². The number of anilines is 2. The number of hydrogen-bond acceptors (Lipinski definition) is 2. The first-order valence-corrected chi connectivity index (χ1v) is 8.85. The van der Waals surface area contributed by atoms with Gasteiger partial charge in [0.25, 0.3) is 11.8 Å². The topological polar surface area (TPSA) is 58.2 Å². The molecular weight excluding hydrogens is 392 g/mol. The van der Waals surface area contributed by atoms with Crippen LogP contribution < -0.4 is 10.6 Å². The second kappa shape index (κ2) is 7.97. The minimum Gasteiger partial charge on any atom is -0.322 e. The Labute approximate surface area is 160 Å². The number of nitrogens with one attached hydrogen (secondary N) is 2. The minimum atomic E-state index is -0.192. The highest BCUT2D eigenvalue weighted by molar-refractivity contribution is 9.10. The van der Waals surface area contributed by atoms with Crippen molar-refractivity contribution in [3.8, 4) is 0 Å². The molecule has 0 aliphatic rings. The molecule has 0 saturated carbocycles. The van der Waals surface area contributed by atoms with Crippen LogP contribution in [-0.2, 0) is 0 Å². The van der Waals surface area contributed by atoms with Gasteiger partial charge >= 0.3 is 0 Å². The van der Waals surface area contributed by atoms with E-state index in [1.807, 2.05) is 31.2 Å². The van der Waals surface area contributed by atoms with E-state index in [2.05, 4.69) is 26.6 Å². The summed E-state index contributed by atoms with van der Waals surface area (Å²) in [7, 11) is 0. The summed E-state index contributed by atoms with van der Waals surface area (Å²) in [5.74, 6) is -0.362. The fourth-order valence-electron chi connectivity index (χ4n) is 2.38. The second-order valence-electron chi connectivity index (χ2n) is 5.86. The fraction of sp³-hybridized carbons (Fsp3) is 0.0476. The number of benzene rings is 3. The predicted molar refractivity (Wildman–Crippen MR) is 108 cm³/mol. The maximum Gasteiger partial charge on any atom is 0.255 e. The van der Waals surface area contributed by atoms with Crippen LogP contribution in [0, 0.1) is 6.92 Å². The highest BCUT2D eigenvalue weighted by Crippen LogP contribution is 2.17. The second-order valence-corrected chi connectivity index (χ2v) is 6.78. The van der Waals surface area contributed by atoms with Crippen LogP contribution in [0.5, 0.6) is 0 Å². The molecule has 130 valence electrons. The van der Waals surface area contributed by atoms with Crippen molar-refractivity contribution in [3.63, 3.8) is 0 Å². The van der Waals surface area contributed by atoms with Gasteiger partial charge in [-0.25, -0.2) is 0 Å². The Morgan fingerprint density at radius 2 is 1.27 bits per heavy atom. The minimum absolute atomic E-state index is 0.170. The molecule has 0 bridgehead atoms. The monoisotopic (exact) mass is 408 g/mol. The molecule has 5 heteroatoms. The van der Waals surface area contributed by atoms with Crippen LogP contribution in [0.25, 0.3) is 0 Å². The Bertz CT molecular complexity index is 935. The van der Waals surface area contributed by atoms with Gasteiger partial charge in [-0.1, -0.05) is 39.7 Å². The molecule has 0 radical (unpaired) electrons. The van der Waals surface area contributed by atoms with Crippen LogP contribution >= 0.6 is 15.9 Å². The summed E-state index contributed by atoms with van der Waals surface area (Å²) in [4.78, 5) is 24.5. The Hall–Kier alpha value is -2.92. The smallest absolute Gasteiger partial charge is 0.255 e. The van der Waals surface area contributed by atoms with E-state index in [1.165, 1.54) is 0 Å². The summed E-state index contributed by atoms with van der Waals surface area (Å²) >= 11 is 3.35. The molecule has 0 aliphatic carbocycles. The standard InChI is InChI=1S/C21H17BrN2O2/c1-14-5-7-15(8-6-14)20(25)23-18-9-11-19(12-10-18)24-21(26)16-3-2-4-17(22)13-16/h2-13H,1H3,(H,23,25)(H,24,26). The Kier molecular flexibility index (Phi) is 5.49. The summed E-state index contributed by atoms with van der Waals surface area (Å²) in [6.07, 6.45) is 0. The molecule has 0 fully saturated rings. The Balaban J connectivity index is 1.64. The number of carbonyl (C=O) groups is 2. The molecule has 0 atom stereocenters. The Morgan fingerprint density at radius 1 is 0.731 bits per heavy atom. The molecule has 0 unspecified atom stereocenters. The van der Waals surface area contributed by atoms with Crippen molar-refractivity contribution in [3.05, 3.63) is 94.0 Å². The van der Waals surface area contributed by atoms with E-state index in [0.29, 0.717) is 22.5 Å². The van der Waals surface area contributed by atoms with Crippen LogP contribution in [0.1, 0.15) is 26.3 Å². The molecular formula is C21H17BrN2O2. The Morgan fingerprint density at radius 3 is 1.81 bits per heavy atom. The van der Waals surface area contributed by atoms with Crippen molar-refractivity contribution in [2.45, 2.75) is 6.92 Å². The van der Waals surface area contributed by atoms with E-state index < -0.39 is 0 Å². The maximum atomic E-state index is 12.2. The first-order valence-electron chi connectivity index (χ1n) is 8.06. The summed E-state index contributed by atoms with van der Waals surface area (Å²) in [6.45, 7) is 1.98. The number of aryl methyl sites for hydroxylation is 1. The zero-order valence-electron chi connectivity index (χ0n) is 14.1. The van der Waals surface area contributed by atoms with Crippen LogP contribution in [0.15, 0.2) is 77.3 Å². The van der Waals surface area contributed by atoms with E-state index in [-0.39, 0.29) is 11.8 Å². The van der Waals surface area contributed by atoms with Gasteiger partial charge in [-0.15, -0.1) is 0 Å². The molecule has 0 aliphatic heterocycles. The van der Waals surface area contributed by atoms with Crippen molar-refractivity contribution >= 4 is 39.1 Å². The normalized spacial score (nSPS) is 10.2. The molecule has 2 amide bonds. The van der Waals surface area contributed by atoms with Crippen molar-refractivity contribution in [1.29, 1.82) is 0 Å². The zero-order valence-corrected chi connectivity index (χ0v) is 15.7. The SMILES string of the molecule is Cc1ccc(C(=O)Nc2ccc(NC(=O)c3cccc(Br)c3)cc2)cc1. The van der Waals surface area contributed by atoms with Gasteiger partial charge in [0.15, 0.2) is 0 Å². The van der Waals surface area contributed by atoms with Crippen molar-refractivity contribution in [2.24, 2.45) is 0 Å². The molecule has 4 nitrogen and oxygen atoms in total. The third-order valence-electron chi connectivity index (χ3n) is 3.80. The first-order chi connectivity index (χ1) is 12.5. The van der Waals surface area contributed by atoms with Gasteiger partial charge in [0.05, 0.1) is 0 Å². The van der Waals surface area contributed by atoms with E-state index >= 15 is 0 Å². The predicted octanol–water partition coefficient (Wildman–Crippen LogP) is 5.26. The lowest BCUT2D eigenvalue weighted by atomic mass is 10.1. The first kappa shape index (κ1) is 17.9. The number of carbonyl (C=O) groups excluding carboxylic acids is 2. The van der Waals surface area contributed by atoms with Crippen LogP contribution in [0.3, 0.4) is 0 Å². The van der Waals surface area contributed by atoms with E-state index in [4.69, 9.17) is 0 Å². The molecule has 3 aromatic carbocycles. The average Bonchev–Trinajstić information content (AvgIpc) is 2.64. The van der Waals surface area contributed by atoms with E-state index in [1.54, 1.807) is 48.5 Å². The molecule has 0 spiro atoms. The van der Waals surface area contributed by atoms with Crippen LogP contribution in [-0.4, -0.2) is 11.8 Å². The molecule has 0 aromatic heterocycles. The molecule has 3 aromatic rings. The van der Waals surface area contributed by atoms with Gasteiger partial charge in [-0.05, 0) is 61.5 Å². The van der Waals surface area contributed by atoms with Gasteiger partial charge in [0, 0.05) is 27.0 Å². The third kappa shape index (κ3) is 4.58. The van der Waals surface area contributed by atoms with Crippen LogP contribution in [0.4, 0.5) is 11.4 Å². The highest BCUT2D eigenvalue weighted by atomic mass is 79.9. The molecule has 2 N–H and O–H groups in total. The average molecular weight is 409 g/mol. The lowest BCUT2D eigenvalue weighted by molar-refractivity contribution is 0.101. The summed E-state index contributed by atoms with van der Waals surface area (Å²) in [5, 5.41) is 5.67.